The van der Waals surface area contributed by atoms with E-state index in [1.54, 1.807) is 42.9 Å². The first-order valence-corrected chi connectivity index (χ1v) is 9.82. The Labute approximate surface area is 180 Å². The van der Waals surface area contributed by atoms with Crippen LogP contribution < -0.4 is 5.32 Å². The SMILES string of the molecule is CC(C)n1cnnc1-c1cccnc1-c1cccc(C#CNC(=O)c2ccccc2)n1. The van der Waals surface area contributed by atoms with Gasteiger partial charge in [0.25, 0.3) is 5.91 Å². The number of carbonyl (C=O) groups is 1. The van der Waals surface area contributed by atoms with Crippen LogP contribution in [0, 0.1) is 12.0 Å². The van der Waals surface area contributed by atoms with E-state index in [1.807, 2.05) is 34.9 Å². The Morgan fingerprint density at radius 1 is 1.03 bits per heavy atom. The van der Waals surface area contributed by atoms with Gasteiger partial charge in [-0.05, 0) is 56.2 Å². The molecule has 7 nitrogen and oxygen atoms in total. The van der Waals surface area contributed by atoms with Crippen molar-refractivity contribution < 1.29 is 4.79 Å². The summed E-state index contributed by atoms with van der Waals surface area (Å²) in [6.45, 7) is 4.14. The van der Waals surface area contributed by atoms with Gasteiger partial charge < -0.3 is 4.57 Å². The van der Waals surface area contributed by atoms with Gasteiger partial charge in [0.05, 0.1) is 11.4 Å². The van der Waals surface area contributed by atoms with E-state index < -0.39 is 0 Å². The molecule has 0 saturated heterocycles. The molecular formula is C24H20N6O. The fourth-order valence-electron chi connectivity index (χ4n) is 3.05. The molecule has 0 fully saturated rings. The van der Waals surface area contributed by atoms with Crippen LogP contribution in [0.25, 0.3) is 22.8 Å². The Morgan fingerprint density at radius 3 is 2.68 bits per heavy atom. The minimum Gasteiger partial charge on any atom is -0.311 e. The van der Waals surface area contributed by atoms with E-state index in [0.717, 1.165) is 11.4 Å². The van der Waals surface area contributed by atoms with E-state index >= 15 is 0 Å². The number of carbonyl (C=O) groups excluding carboxylic acids is 1. The van der Waals surface area contributed by atoms with E-state index in [9.17, 15) is 4.79 Å². The zero-order chi connectivity index (χ0) is 21.6. The Bertz CT molecular complexity index is 1270. The maximum Gasteiger partial charge on any atom is 0.262 e. The molecule has 7 heteroatoms. The highest BCUT2D eigenvalue weighted by molar-refractivity contribution is 5.95. The highest BCUT2D eigenvalue weighted by Crippen LogP contribution is 2.29. The van der Waals surface area contributed by atoms with E-state index in [0.29, 0.717) is 22.6 Å². The van der Waals surface area contributed by atoms with Gasteiger partial charge in [0.15, 0.2) is 5.82 Å². The summed E-state index contributed by atoms with van der Waals surface area (Å²) in [6, 6.07) is 21.1. The maximum atomic E-state index is 12.1. The molecule has 4 aromatic rings. The molecule has 0 atom stereocenters. The van der Waals surface area contributed by atoms with E-state index in [1.165, 1.54) is 0 Å². The first-order valence-electron chi connectivity index (χ1n) is 9.82. The van der Waals surface area contributed by atoms with Crippen molar-refractivity contribution in [2.45, 2.75) is 19.9 Å². The highest BCUT2D eigenvalue weighted by atomic mass is 16.1. The van der Waals surface area contributed by atoms with E-state index in [4.69, 9.17) is 0 Å². The van der Waals surface area contributed by atoms with Gasteiger partial charge in [0, 0.05) is 29.4 Å². The normalized spacial score (nSPS) is 10.4. The van der Waals surface area contributed by atoms with Gasteiger partial charge >= 0.3 is 0 Å². The Hall–Kier alpha value is -4.31. The zero-order valence-corrected chi connectivity index (χ0v) is 17.1. The molecule has 0 aliphatic carbocycles. The van der Waals surface area contributed by atoms with Crippen LogP contribution in [0.4, 0.5) is 0 Å². The summed E-state index contributed by atoms with van der Waals surface area (Å²) in [7, 11) is 0. The van der Waals surface area contributed by atoms with E-state index in [-0.39, 0.29) is 11.9 Å². The van der Waals surface area contributed by atoms with Crippen molar-refractivity contribution in [1.29, 1.82) is 0 Å². The first kappa shape index (κ1) is 20.0. The van der Waals surface area contributed by atoms with Crippen molar-refractivity contribution in [3.63, 3.8) is 0 Å². The quantitative estimate of drug-likeness (QED) is 0.411. The lowest BCUT2D eigenvalue weighted by atomic mass is 10.1. The van der Waals surface area contributed by atoms with Crippen LogP contribution in [0.1, 0.15) is 35.9 Å². The summed E-state index contributed by atoms with van der Waals surface area (Å²) in [6.07, 6.45) is 3.43. The second-order valence-electron chi connectivity index (χ2n) is 7.03. The lowest BCUT2D eigenvalue weighted by Gasteiger charge is -2.12. The van der Waals surface area contributed by atoms with Gasteiger partial charge in [-0.15, -0.1) is 10.2 Å². The third kappa shape index (κ3) is 4.49. The van der Waals surface area contributed by atoms with E-state index in [2.05, 4.69) is 51.3 Å². The molecule has 152 valence electrons. The van der Waals surface area contributed by atoms with Crippen LogP contribution in [0.15, 0.2) is 73.2 Å². The molecule has 1 aromatic carbocycles. The van der Waals surface area contributed by atoms with Crippen LogP contribution in [0.3, 0.4) is 0 Å². The van der Waals surface area contributed by atoms with Gasteiger partial charge in [-0.3, -0.25) is 15.1 Å². The molecule has 0 spiro atoms. The zero-order valence-electron chi connectivity index (χ0n) is 17.1. The second-order valence-corrected chi connectivity index (χ2v) is 7.03. The maximum absolute atomic E-state index is 12.1. The van der Waals surface area contributed by atoms with Crippen LogP contribution in [0.2, 0.25) is 0 Å². The summed E-state index contributed by atoms with van der Waals surface area (Å²) in [5.74, 6) is 3.35. The van der Waals surface area contributed by atoms with Crippen molar-refractivity contribution >= 4 is 5.91 Å². The molecule has 4 rings (SSSR count). The smallest absolute Gasteiger partial charge is 0.262 e. The molecule has 3 aromatic heterocycles. The van der Waals surface area contributed by atoms with Gasteiger partial charge in [0.2, 0.25) is 0 Å². The lowest BCUT2D eigenvalue weighted by Crippen LogP contribution is -2.17. The van der Waals surface area contributed by atoms with Crippen molar-refractivity contribution in [2.24, 2.45) is 0 Å². The fourth-order valence-corrected chi connectivity index (χ4v) is 3.05. The van der Waals surface area contributed by atoms with Gasteiger partial charge in [0.1, 0.15) is 12.0 Å². The standard InChI is InChI=1S/C24H20N6O/c1-17(2)30-16-27-29-23(30)20-11-7-14-25-22(20)21-12-6-10-19(28-21)13-15-26-24(31)18-8-4-3-5-9-18/h3-12,14,16-17H,1-2H3,(H,26,31). The second kappa shape index (κ2) is 9.01. The molecule has 31 heavy (non-hydrogen) atoms. The number of nitrogens with zero attached hydrogens (tertiary/aromatic N) is 5. The number of hydrogen-bond donors (Lipinski definition) is 1. The Balaban J connectivity index is 1.62. The van der Waals surface area contributed by atoms with Crippen molar-refractivity contribution in [1.82, 2.24) is 30.0 Å². The third-order valence-electron chi connectivity index (χ3n) is 4.57. The molecule has 1 N–H and O–H groups in total. The molecule has 0 aliphatic heterocycles. The predicted molar refractivity (Wildman–Crippen MR) is 118 cm³/mol. The summed E-state index contributed by atoms with van der Waals surface area (Å²) >= 11 is 0. The topological polar surface area (TPSA) is 85.6 Å². The Kier molecular flexibility index (Phi) is 5.81. The largest absolute Gasteiger partial charge is 0.311 e. The van der Waals surface area contributed by atoms with Crippen LogP contribution in [-0.2, 0) is 0 Å². The Morgan fingerprint density at radius 2 is 1.87 bits per heavy atom. The molecule has 0 bridgehead atoms. The summed E-state index contributed by atoms with van der Waals surface area (Å²) in [4.78, 5) is 21.3. The van der Waals surface area contributed by atoms with Gasteiger partial charge in [-0.1, -0.05) is 24.3 Å². The number of rotatable bonds is 4. The van der Waals surface area contributed by atoms with Crippen molar-refractivity contribution in [3.05, 3.63) is 84.4 Å². The predicted octanol–water partition coefficient (Wildman–Crippen LogP) is 3.72. The average Bonchev–Trinajstić information content (AvgIpc) is 3.30. The number of amides is 1. The van der Waals surface area contributed by atoms with Crippen molar-refractivity contribution in [2.75, 3.05) is 0 Å². The summed E-state index contributed by atoms with van der Waals surface area (Å²) in [5, 5.41) is 10.9. The minimum absolute atomic E-state index is 0.205. The van der Waals surface area contributed by atoms with Crippen LogP contribution >= 0.6 is 0 Å². The molecular weight excluding hydrogens is 388 g/mol. The molecule has 0 saturated carbocycles. The molecule has 3 heterocycles. The molecule has 1 amide bonds. The molecule has 0 unspecified atom stereocenters. The summed E-state index contributed by atoms with van der Waals surface area (Å²) in [5.41, 5.74) is 3.26. The number of hydrogen-bond acceptors (Lipinski definition) is 5. The first-order chi connectivity index (χ1) is 15.1. The highest BCUT2D eigenvalue weighted by Gasteiger charge is 2.16. The molecule has 0 radical (unpaired) electrons. The number of nitrogens with one attached hydrogen (secondary N) is 1. The van der Waals surface area contributed by atoms with Crippen molar-refractivity contribution in [3.8, 4) is 34.7 Å². The lowest BCUT2D eigenvalue weighted by molar-refractivity contribution is 0.0973. The summed E-state index contributed by atoms with van der Waals surface area (Å²) < 4.78 is 1.99. The number of benzene rings is 1. The fraction of sp³-hybridized carbons (Fsp3) is 0.125. The average molecular weight is 408 g/mol. The number of aromatic nitrogens is 5. The number of pyridine rings is 2. The third-order valence-corrected chi connectivity index (χ3v) is 4.57. The van der Waals surface area contributed by atoms with Crippen LogP contribution in [-0.4, -0.2) is 30.6 Å². The molecule has 0 aliphatic rings. The monoisotopic (exact) mass is 408 g/mol. The van der Waals surface area contributed by atoms with Crippen LogP contribution in [0.5, 0.6) is 0 Å². The minimum atomic E-state index is -0.260. The van der Waals surface area contributed by atoms with Gasteiger partial charge in [-0.2, -0.15) is 0 Å². The van der Waals surface area contributed by atoms with Gasteiger partial charge in [-0.25, -0.2) is 4.98 Å².